The van der Waals surface area contributed by atoms with Gasteiger partial charge in [0.2, 0.25) is 15.9 Å². The first kappa shape index (κ1) is 31.2. The van der Waals surface area contributed by atoms with Crippen LogP contribution in [0.15, 0.2) is 83.8 Å². The molecule has 1 fully saturated rings. The highest BCUT2D eigenvalue weighted by molar-refractivity contribution is 7.89. The Bertz CT molecular complexity index is 1630. The van der Waals surface area contributed by atoms with Crippen molar-refractivity contribution in [1.82, 2.24) is 4.31 Å². The summed E-state index contributed by atoms with van der Waals surface area (Å²) in [6.45, 7) is 16.1. The third-order valence-corrected chi connectivity index (χ3v) is 18.1. The molecule has 7 heteroatoms. The van der Waals surface area contributed by atoms with Gasteiger partial charge < -0.3 is 4.90 Å². The van der Waals surface area contributed by atoms with Gasteiger partial charge in [-0.15, -0.1) is 5.54 Å². The molecule has 1 amide bonds. The summed E-state index contributed by atoms with van der Waals surface area (Å²) >= 11 is 0. The van der Waals surface area contributed by atoms with Crippen molar-refractivity contribution >= 4 is 29.7 Å². The fraction of sp³-hybridized carbons (Fsp3) is 0.417. The molecule has 0 aromatic heterocycles. The van der Waals surface area contributed by atoms with Gasteiger partial charge in [-0.3, -0.25) is 4.79 Å². The van der Waals surface area contributed by atoms with Gasteiger partial charge in [-0.05, 0) is 59.3 Å². The van der Waals surface area contributed by atoms with Crippen LogP contribution in [-0.4, -0.2) is 39.3 Å². The van der Waals surface area contributed by atoms with E-state index in [0.29, 0.717) is 29.6 Å². The average Bonchev–Trinajstić information content (AvgIpc) is 3.47. The molecule has 0 saturated carbocycles. The van der Waals surface area contributed by atoms with Crippen molar-refractivity contribution in [2.45, 2.75) is 94.4 Å². The molecule has 5 rings (SSSR count). The first-order chi connectivity index (χ1) is 20.4. The van der Waals surface area contributed by atoms with Crippen molar-refractivity contribution in [3.05, 3.63) is 95.6 Å². The van der Waals surface area contributed by atoms with E-state index in [1.165, 1.54) is 4.31 Å². The molecule has 3 aromatic rings. The van der Waals surface area contributed by atoms with Gasteiger partial charge in [0.05, 0.1) is 11.4 Å². The van der Waals surface area contributed by atoms with Crippen LogP contribution in [0.1, 0.15) is 64.7 Å². The van der Waals surface area contributed by atoms with E-state index >= 15 is 0 Å². The van der Waals surface area contributed by atoms with Crippen LogP contribution in [0.25, 0.3) is 0 Å². The van der Waals surface area contributed by atoms with Gasteiger partial charge in [-0.1, -0.05) is 114 Å². The molecule has 2 heterocycles. The summed E-state index contributed by atoms with van der Waals surface area (Å²) in [5, 5.41) is 0. The second-order valence-corrected chi connectivity index (χ2v) is 20.6. The smallest absolute Gasteiger partial charge is 0.244 e. The Hall–Kier alpha value is -3.18. The van der Waals surface area contributed by atoms with E-state index in [1.54, 1.807) is 12.1 Å². The highest BCUT2D eigenvalue weighted by Gasteiger charge is 2.62. The normalized spacial score (nSPS) is 20.7. The number of anilines is 1. The lowest BCUT2D eigenvalue weighted by Gasteiger charge is -2.39. The molecule has 2 aliphatic rings. The van der Waals surface area contributed by atoms with Crippen molar-refractivity contribution in [2.24, 2.45) is 0 Å². The van der Waals surface area contributed by atoms with E-state index in [9.17, 15) is 13.2 Å². The first-order valence-electron chi connectivity index (χ1n) is 15.4. The predicted molar refractivity (Wildman–Crippen MR) is 178 cm³/mol. The lowest BCUT2D eigenvalue weighted by Crippen LogP contribution is -2.51. The van der Waals surface area contributed by atoms with Crippen LogP contribution in [0.5, 0.6) is 0 Å². The number of carbonyl (C=O) groups excluding carboxylic acids is 1. The summed E-state index contributed by atoms with van der Waals surface area (Å²) in [6.07, 6.45) is 0.387. The minimum absolute atomic E-state index is 0.0654. The Morgan fingerprint density at radius 2 is 1.44 bits per heavy atom. The number of nitrogens with zero attached hydrogens (tertiary/aromatic N) is 2. The zero-order valence-corrected chi connectivity index (χ0v) is 28.3. The van der Waals surface area contributed by atoms with Crippen LogP contribution < -0.4 is 4.90 Å². The summed E-state index contributed by atoms with van der Waals surface area (Å²) in [5.74, 6) is 3.54. The second kappa shape index (κ2) is 11.7. The fourth-order valence-electron chi connectivity index (χ4n) is 7.70. The molecular formula is C36H44N2O3SSi. The third-order valence-electron chi connectivity index (χ3n) is 9.89. The van der Waals surface area contributed by atoms with Crippen LogP contribution in [0.2, 0.25) is 16.6 Å². The number of hydrogen-bond acceptors (Lipinski definition) is 3. The topological polar surface area (TPSA) is 57.7 Å². The van der Waals surface area contributed by atoms with Gasteiger partial charge in [0, 0.05) is 12.2 Å². The van der Waals surface area contributed by atoms with Crippen molar-refractivity contribution in [3.63, 3.8) is 0 Å². The minimum Gasteiger partial charge on any atom is -0.307 e. The summed E-state index contributed by atoms with van der Waals surface area (Å²) in [4.78, 5) is 16.9. The Balaban J connectivity index is 1.72. The number of sulfonamides is 1. The minimum atomic E-state index is -3.92. The molecule has 3 aromatic carbocycles. The Morgan fingerprint density at radius 3 is 2.05 bits per heavy atom. The van der Waals surface area contributed by atoms with Gasteiger partial charge in [-0.25, -0.2) is 8.42 Å². The van der Waals surface area contributed by atoms with E-state index in [0.717, 1.165) is 22.4 Å². The van der Waals surface area contributed by atoms with Gasteiger partial charge in [0.15, 0.2) is 0 Å². The van der Waals surface area contributed by atoms with Crippen molar-refractivity contribution in [2.75, 3.05) is 11.4 Å². The van der Waals surface area contributed by atoms with Crippen LogP contribution >= 0.6 is 0 Å². The zero-order valence-electron chi connectivity index (χ0n) is 26.5. The van der Waals surface area contributed by atoms with E-state index in [-0.39, 0.29) is 17.3 Å². The van der Waals surface area contributed by atoms with Gasteiger partial charge in [-0.2, -0.15) is 4.31 Å². The molecule has 0 unspecified atom stereocenters. The standard InChI is InChI=1S/C36H44N2O3SSi/c1-26(2)43(27(3)4,28(5)6)24-21-34-36(22-23-38(34)42(40,41)31-19-17-29(7)18-20-31)32-15-11-12-16-33(32)37(35(36)39)25-30-13-9-8-10-14-30/h8-20,26-28,34H,22-23,25H2,1-7H3/t34-,36+/m1/s1. The third kappa shape index (κ3) is 5.08. The lowest BCUT2D eigenvalue weighted by atomic mass is 9.75. The molecule has 0 bridgehead atoms. The number of fused-ring (bicyclic) bond motifs is 2. The van der Waals surface area contributed by atoms with Crippen molar-refractivity contribution in [1.29, 1.82) is 0 Å². The maximum absolute atomic E-state index is 14.8. The summed E-state index contributed by atoms with van der Waals surface area (Å²) in [7, 11) is -6.16. The summed E-state index contributed by atoms with van der Waals surface area (Å²) < 4.78 is 30.2. The number of carbonyl (C=O) groups is 1. The molecule has 0 radical (unpaired) electrons. The average molecular weight is 613 g/mol. The zero-order chi connectivity index (χ0) is 31.2. The first-order valence-corrected chi connectivity index (χ1v) is 19.1. The maximum atomic E-state index is 14.8. The van der Waals surface area contributed by atoms with E-state index in [1.807, 2.05) is 78.6 Å². The van der Waals surface area contributed by atoms with Crippen molar-refractivity contribution in [3.8, 4) is 11.5 Å². The maximum Gasteiger partial charge on any atom is 0.244 e. The molecule has 43 heavy (non-hydrogen) atoms. The number of aryl methyl sites for hydroxylation is 1. The van der Waals surface area contributed by atoms with E-state index < -0.39 is 29.6 Å². The Kier molecular flexibility index (Phi) is 8.52. The summed E-state index contributed by atoms with van der Waals surface area (Å²) in [6, 6.07) is 24.0. The van der Waals surface area contributed by atoms with Gasteiger partial charge >= 0.3 is 0 Å². The number of hydrogen-bond donors (Lipinski definition) is 0. The molecule has 0 aliphatic carbocycles. The predicted octanol–water partition coefficient (Wildman–Crippen LogP) is 7.46. The molecule has 2 aliphatic heterocycles. The second-order valence-electron chi connectivity index (χ2n) is 13.1. The molecule has 1 saturated heterocycles. The molecule has 226 valence electrons. The van der Waals surface area contributed by atoms with Crippen molar-refractivity contribution < 1.29 is 13.2 Å². The Morgan fingerprint density at radius 1 is 0.860 bits per heavy atom. The van der Waals surface area contributed by atoms with Crippen LogP contribution in [0, 0.1) is 18.4 Å². The van der Waals surface area contributed by atoms with Gasteiger partial charge in [0.25, 0.3) is 0 Å². The van der Waals surface area contributed by atoms with Gasteiger partial charge in [0.1, 0.15) is 19.5 Å². The monoisotopic (exact) mass is 612 g/mol. The van der Waals surface area contributed by atoms with Crippen LogP contribution in [-0.2, 0) is 26.8 Å². The lowest BCUT2D eigenvalue weighted by molar-refractivity contribution is -0.123. The fourth-order valence-corrected chi connectivity index (χ4v) is 14.6. The molecule has 5 nitrogen and oxygen atoms in total. The largest absolute Gasteiger partial charge is 0.307 e. The number of para-hydroxylation sites is 1. The highest BCUT2D eigenvalue weighted by Crippen LogP contribution is 2.52. The summed E-state index contributed by atoms with van der Waals surface area (Å²) in [5.41, 5.74) is 7.60. The van der Waals surface area contributed by atoms with Crippen LogP contribution in [0.4, 0.5) is 5.69 Å². The molecule has 1 spiro atoms. The molecular weight excluding hydrogens is 569 g/mol. The van der Waals surface area contributed by atoms with Crippen LogP contribution in [0.3, 0.4) is 0 Å². The quantitative estimate of drug-likeness (QED) is 0.206. The SMILES string of the molecule is Cc1ccc(S(=O)(=O)N2CC[C@@]3(C(=O)N(Cc4ccccc4)c4ccccc43)[C@H]2C#C[Si](C(C)C)(C(C)C)C(C)C)cc1. The number of rotatable bonds is 7. The number of amides is 1. The number of benzene rings is 3. The highest BCUT2D eigenvalue weighted by atomic mass is 32.2. The molecule has 0 N–H and O–H groups in total. The van der Waals surface area contributed by atoms with E-state index in [4.69, 9.17) is 0 Å². The Labute approximate surface area is 259 Å². The van der Waals surface area contributed by atoms with E-state index in [2.05, 4.69) is 53.0 Å². The molecule has 2 atom stereocenters.